The highest BCUT2D eigenvalue weighted by molar-refractivity contribution is 5.03. The predicted molar refractivity (Wildman–Crippen MR) is 134 cm³/mol. The molecule has 0 aromatic rings. The molecule has 12 unspecified atom stereocenters. The Hall–Kier alpha value is -0.160. The molecule has 3 fully saturated rings. The molecule has 0 saturated heterocycles. The van der Waals surface area contributed by atoms with E-state index in [1.54, 1.807) is 0 Å². The van der Waals surface area contributed by atoms with Gasteiger partial charge in [-0.05, 0) is 90.3 Å². The summed E-state index contributed by atoms with van der Waals surface area (Å²) in [5.41, 5.74) is 13.4. The maximum Gasteiger partial charge on any atom is 0.0719 e. The van der Waals surface area contributed by atoms with Crippen LogP contribution in [0.25, 0.3) is 0 Å². The van der Waals surface area contributed by atoms with Crippen molar-refractivity contribution in [2.45, 2.75) is 118 Å². The van der Waals surface area contributed by atoms with E-state index in [1.807, 2.05) is 0 Å². The third-order valence-electron chi connectivity index (χ3n) is 11.4. The van der Waals surface area contributed by atoms with Crippen molar-refractivity contribution in [3.63, 3.8) is 0 Å². The van der Waals surface area contributed by atoms with Crippen molar-refractivity contribution in [1.82, 2.24) is 0 Å². The highest BCUT2D eigenvalue weighted by Gasteiger charge is 2.52. The Morgan fingerprint density at radius 1 is 0.625 bits per heavy atom. The van der Waals surface area contributed by atoms with E-state index in [0.717, 1.165) is 12.8 Å². The minimum absolute atomic E-state index is 0.114. The third-order valence-corrected chi connectivity index (χ3v) is 11.4. The van der Waals surface area contributed by atoms with Crippen molar-refractivity contribution in [2.24, 2.45) is 69.6 Å². The summed E-state index contributed by atoms with van der Waals surface area (Å²) in [5.74, 6) is 3.75. The molecule has 0 spiro atoms. The first-order chi connectivity index (χ1) is 14.7. The maximum absolute atomic E-state index is 10.5. The molecule has 188 valence electrons. The molecule has 3 aliphatic carbocycles. The van der Waals surface area contributed by atoms with Crippen LogP contribution in [-0.4, -0.2) is 34.5 Å². The van der Waals surface area contributed by atoms with Crippen molar-refractivity contribution in [2.75, 3.05) is 0 Å². The highest BCUT2D eigenvalue weighted by atomic mass is 16.3. The average molecular weight is 451 g/mol. The Morgan fingerprint density at radius 2 is 0.969 bits per heavy atom. The largest absolute Gasteiger partial charge is 0.391 e. The summed E-state index contributed by atoms with van der Waals surface area (Å²) >= 11 is 0. The zero-order valence-corrected chi connectivity index (χ0v) is 22.2. The molecule has 0 radical (unpaired) electrons. The molecule has 3 aliphatic rings. The Bertz CT molecular complexity index is 583. The molecule has 0 aliphatic heterocycles. The number of hydrogen-bond acceptors (Lipinski definition) is 4. The lowest BCUT2D eigenvalue weighted by molar-refractivity contribution is -0.0818. The van der Waals surface area contributed by atoms with Crippen molar-refractivity contribution >= 4 is 0 Å². The molecule has 0 heterocycles. The Balaban J connectivity index is 1.78. The molecule has 6 N–H and O–H groups in total. The Labute approximate surface area is 198 Å². The Kier molecular flexibility index (Phi) is 7.83. The SMILES string of the molecule is CC1CC(C(C)(C)C2CCCC(C(C)(C)C3CC(C)C(O)C(N)C3C)C2)C(C)C(N)C1O. The normalized spacial score (nSPS) is 49.1. The van der Waals surface area contributed by atoms with E-state index in [2.05, 4.69) is 55.4 Å². The zero-order valence-electron chi connectivity index (χ0n) is 22.2. The lowest BCUT2D eigenvalue weighted by atomic mass is 9.50. The first-order valence-corrected chi connectivity index (χ1v) is 13.6. The van der Waals surface area contributed by atoms with Gasteiger partial charge in [0.2, 0.25) is 0 Å². The van der Waals surface area contributed by atoms with E-state index in [4.69, 9.17) is 11.5 Å². The van der Waals surface area contributed by atoms with E-state index < -0.39 is 0 Å². The molecule has 4 heteroatoms. The summed E-state index contributed by atoms with van der Waals surface area (Å²) in [4.78, 5) is 0. The maximum atomic E-state index is 10.5. The molecular formula is C28H54N2O2. The number of aliphatic hydroxyl groups excluding tert-OH is 2. The second-order valence-corrected chi connectivity index (χ2v) is 13.7. The van der Waals surface area contributed by atoms with Crippen LogP contribution in [0.3, 0.4) is 0 Å². The van der Waals surface area contributed by atoms with Crippen molar-refractivity contribution < 1.29 is 10.2 Å². The van der Waals surface area contributed by atoms with Crippen molar-refractivity contribution in [1.29, 1.82) is 0 Å². The monoisotopic (exact) mass is 450 g/mol. The molecule has 3 rings (SSSR count). The van der Waals surface area contributed by atoms with Gasteiger partial charge in [0.15, 0.2) is 0 Å². The summed E-state index contributed by atoms with van der Waals surface area (Å²) in [6.07, 6.45) is 6.63. The first kappa shape index (κ1) is 26.4. The first-order valence-electron chi connectivity index (χ1n) is 13.6. The minimum Gasteiger partial charge on any atom is -0.391 e. The molecular weight excluding hydrogens is 396 g/mol. The van der Waals surface area contributed by atoms with Gasteiger partial charge in [-0.3, -0.25) is 0 Å². The summed E-state index contributed by atoms with van der Waals surface area (Å²) < 4.78 is 0. The van der Waals surface area contributed by atoms with Gasteiger partial charge in [-0.1, -0.05) is 61.8 Å². The number of aliphatic hydroxyl groups is 2. The van der Waals surface area contributed by atoms with Crippen LogP contribution in [0.5, 0.6) is 0 Å². The quantitative estimate of drug-likeness (QED) is 0.495. The summed E-state index contributed by atoms with van der Waals surface area (Å²) in [6, 6.07) is -0.229. The van der Waals surface area contributed by atoms with Crippen molar-refractivity contribution in [3.8, 4) is 0 Å². The topological polar surface area (TPSA) is 92.5 Å². The van der Waals surface area contributed by atoms with Gasteiger partial charge in [0.25, 0.3) is 0 Å². The van der Waals surface area contributed by atoms with Gasteiger partial charge in [-0.15, -0.1) is 0 Å². The highest BCUT2D eigenvalue weighted by Crippen LogP contribution is 2.57. The molecule has 0 aromatic carbocycles. The van der Waals surface area contributed by atoms with Gasteiger partial charge in [0, 0.05) is 12.1 Å². The van der Waals surface area contributed by atoms with E-state index in [1.165, 1.54) is 25.7 Å². The minimum atomic E-state index is -0.371. The predicted octanol–water partition coefficient (Wildman–Crippen LogP) is 4.81. The van der Waals surface area contributed by atoms with Crippen LogP contribution in [0.2, 0.25) is 0 Å². The summed E-state index contributed by atoms with van der Waals surface area (Å²) in [6.45, 7) is 18.9. The summed E-state index contributed by atoms with van der Waals surface area (Å²) in [7, 11) is 0. The smallest absolute Gasteiger partial charge is 0.0719 e. The number of nitrogens with two attached hydrogens (primary N) is 2. The van der Waals surface area contributed by atoms with Crippen LogP contribution in [0.4, 0.5) is 0 Å². The number of hydrogen-bond donors (Lipinski definition) is 4. The molecule has 32 heavy (non-hydrogen) atoms. The van der Waals surface area contributed by atoms with Gasteiger partial charge in [0.1, 0.15) is 0 Å². The molecule has 4 nitrogen and oxygen atoms in total. The summed E-state index contributed by atoms with van der Waals surface area (Å²) in [5, 5.41) is 21.1. The molecule has 0 aromatic heterocycles. The van der Waals surface area contributed by atoms with Crippen LogP contribution < -0.4 is 11.5 Å². The lowest BCUT2D eigenvalue weighted by Gasteiger charge is -2.56. The Morgan fingerprint density at radius 3 is 1.31 bits per heavy atom. The molecule has 12 atom stereocenters. The average Bonchev–Trinajstić information content (AvgIpc) is 2.75. The molecule has 0 amide bonds. The fraction of sp³-hybridized carbons (Fsp3) is 1.00. The fourth-order valence-corrected chi connectivity index (χ4v) is 8.54. The lowest BCUT2D eigenvalue weighted by Crippen LogP contribution is -2.56. The van der Waals surface area contributed by atoms with Crippen LogP contribution in [0.1, 0.15) is 93.9 Å². The second-order valence-electron chi connectivity index (χ2n) is 13.7. The van der Waals surface area contributed by atoms with Crippen LogP contribution in [-0.2, 0) is 0 Å². The van der Waals surface area contributed by atoms with Crippen LogP contribution in [0, 0.1) is 58.2 Å². The standard InChI is InChI=1S/C28H54N2O2/c1-15-12-21(17(3)23(29)25(15)31)27(5,6)19-10-9-11-20(14-19)28(7,8)22-13-16(2)26(32)24(30)18(22)4/h15-26,31-32H,9-14,29-30H2,1-8H3. The third kappa shape index (κ3) is 4.55. The van der Waals surface area contributed by atoms with E-state index >= 15 is 0 Å². The van der Waals surface area contributed by atoms with Crippen LogP contribution >= 0.6 is 0 Å². The molecule has 3 saturated carbocycles. The van der Waals surface area contributed by atoms with Gasteiger partial charge in [-0.25, -0.2) is 0 Å². The van der Waals surface area contributed by atoms with E-state index in [0.29, 0.717) is 35.5 Å². The van der Waals surface area contributed by atoms with E-state index in [-0.39, 0.29) is 47.0 Å². The van der Waals surface area contributed by atoms with Gasteiger partial charge in [-0.2, -0.15) is 0 Å². The van der Waals surface area contributed by atoms with Gasteiger partial charge >= 0.3 is 0 Å². The van der Waals surface area contributed by atoms with Gasteiger partial charge < -0.3 is 21.7 Å². The van der Waals surface area contributed by atoms with Crippen molar-refractivity contribution in [3.05, 3.63) is 0 Å². The van der Waals surface area contributed by atoms with Crippen LogP contribution in [0.15, 0.2) is 0 Å². The zero-order chi connectivity index (χ0) is 24.2. The van der Waals surface area contributed by atoms with E-state index in [9.17, 15) is 10.2 Å². The fourth-order valence-electron chi connectivity index (χ4n) is 8.54. The van der Waals surface area contributed by atoms with Gasteiger partial charge in [0.05, 0.1) is 12.2 Å². The number of rotatable bonds is 4. The molecule has 0 bridgehead atoms. The second kappa shape index (κ2) is 9.47.